The predicted octanol–water partition coefficient (Wildman–Crippen LogP) is 2.99. The van der Waals surface area contributed by atoms with Crippen molar-refractivity contribution < 1.29 is 0 Å². The van der Waals surface area contributed by atoms with E-state index < -0.39 is 0 Å². The lowest BCUT2D eigenvalue weighted by Gasteiger charge is -2.05. The van der Waals surface area contributed by atoms with Crippen molar-refractivity contribution in [2.45, 2.75) is 19.8 Å². The SMILES string of the molecule is CC(C)c1cc(=O)[nH]c(N/N=C\c2cccc(Cl)c2)n1. The maximum absolute atomic E-state index is 11.5. The molecule has 20 heavy (non-hydrogen) atoms. The molecule has 0 spiro atoms. The van der Waals surface area contributed by atoms with Crippen molar-refractivity contribution >= 4 is 23.8 Å². The molecule has 1 aromatic carbocycles. The highest BCUT2D eigenvalue weighted by Gasteiger charge is 2.04. The molecular formula is C14H15ClN4O. The summed E-state index contributed by atoms with van der Waals surface area (Å²) in [4.78, 5) is 18.3. The Morgan fingerprint density at radius 2 is 2.20 bits per heavy atom. The molecule has 104 valence electrons. The first-order valence-corrected chi connectivity index (χ1v) is 6.58. The molecule has 0 amide bonds. The molecule has 0 unspecified atom stereocenters. The van der Waals surface area contributed by atoms with Gasteiger partial charge in [0.25, 0.3) is 5.56 Å². The molecular weight excluding hydrogens is 276 g/mol. The van der Waals surface area contributed by atoms with Gasteiger partial charge in [0.1, 0.15) is 0 Å². The molecule has 5 nitrogen and oxygen atoms in total. The van der Waals surface area contributed by atoms with Gasteiger partial charge in [-0.25, -0.2) is 10.4 Å². The number of benzene rings is 1. The average Bonchev–Trinajstić information content (AvgIpc) is 2.38. The number of hydrogen-bond acceptors (Lipinski definition) is 4. The predicted molar refractivity (Wildman–Crippen MR) is 81.6 cm³/mol. The minimum atomic E-state index is -0.204. The first-order valence-electron chi connectivity index (χ1n) is 6.20. The van der Waals surface area contributed by atoms with Crippen LogP contribution in [-0.4, -0.2) is 16.2 Å². The molecule has 0 saturated carbocycles. The van der Waals surface area contributed by atoms with Crippen LogP contribution in [0.4, 0.5) is 5.95 Å². The molecule has 0 bridgehead atoms. The molecule has 0 aliphatic carbocycles. The Kier molecular flexibility index (Phi) is 4.53. The van der Waals surface area contributed by atoms with E-state index in [0.29, 0.717) is 16.7 Å². The number of nitrogens with one attached hydrogen (secondary N) is 2. The monoisotopic (exact) mass is 290 g/mol. The topological polar surface area (TPSA) is 70.1 Å². The van der Waals surface area contributed by atoms with Crippen LogP contribution in [-0.2, 0) is 0 Å². The molecule has 2 aromatic rings. The summed E-state index contributed by atoms with van der Waals surface area (Å²) in [7, 11) is 0. The van der Waals surface area contributed by atoms with Gasteiger partial charge in [-0.15, -0.1) is 0 Å². The van der Waals surface area contributed by atoms with Crippen LogP contribution in [0.25, 0.3) is 0 Å². The number of hydrogen-bond donors (Lipinski definition) is 2. The minimum Gasteiger partial charge on any atom is -0.291 e. The first kappa shape index (κ1) is 14.3. The van der Waals surface area contributed by atoms with Crippen LogP contribution in [0, 0.1) is 0 Å². The zero-order chi connectivity index (χ0) is 14.5. The van der Waals surface area contributed by atoms with Gasteiger partial charge in [-0.05, 0) is 23.6 Å². The molecule has 0 aliphatic heterocycles. The highest BCUT2D eigenvalue weighted by molar-refractivity contribution is 6.30. The zero-order valence-electron chi connectivity index (χ0n) is 11.2. The van der Waals surface area contributed by atoms with Crippen LogP contribution in [0.5, 0.6) is 0 Å². The number of hydrazone groups is 1. The number of aromatic nitrogens is 2. The summed E-state index contributed by atoms with van der Waals surface area (Å²) in [6.07, 6.45) is 1.61. The fraction of sp³-hybridized carbons (Fsp3) is 0.214. The van der Waals surface area contributed by atoms with Gasteiger partial charge in [0, 0.05) is 11.1 Å². The van der Waals surface area contributed by atoms with Crippen molar-refractivity contribution in [2.75, 3.05) is 5.43 Å². The van der Waals surface area contributed by atoms with Crippen LogP contribution in [0.3, 0.4) is 0 Å². The lowest BCUT2D eigenvalue weighted by Crippen LogP contribution is -2.12. The number of rotatable bonds is 4. The van der Waals surface area contributed by atoms with E-state index >= 15 is 0 Å². The molecule has 2 N–H and O–H groups in total. The maximum atomic E-state index is 11.5. The van der Waals surface area contributed by atoms with Gasteiger partial charge >= 0.3 is 0 Å². The van der Waals surface area contributed by atoms with Crippen molar-refractivity contribution in [3.63, 3.8) is 0 Å². The Labute approximate surface area is 121 Å². The summed E-state index contributed by atoms with van der Waals surface area (Å²) in [6.45, 7) is 3.95. The zero-order valence-corrected chi connectivity index (χ0v) is 12.0. The van der Waals surface area contributed by atoms with E-state index in [2.05, 4.69) is 20.5 Å². The van der Waals surface area contributed by atoms with E-state index in [1.165, 1.54) is 6.07 Å². The third kappa shape index (κ3) is 3.93. The minimum absolute atomic E-state index is 0.176. The average molecular weight is 291 g/mol. The van der Waals surface area contributed by atoms with Gasteiger partial charge in [-0.3, -0.25) is 9.78 Å². The van der Waals surface area contributed by atoms with Crippen molar-refractivity contribution in [3.05, 3.63) is 57.0 Å². The maximum Gasteiger partial charge on any atom is 0.252 e. The van der Waals surface area contributed by atoms with Crippen LogP contribution < -0.4 is 11.0 Å². The van der Waals surface area contributed by atoms with Gasteiger partial charge in [-0.2, -0.15) is 5.10 Å². The molecule has 0 fully saturated rings. The summed E-state index contributed by atoms with van der Waals surface area (Å²) in [6, 6.07) is 8.77. The highest BCUT2D eigenvalue weighted by Crippen LogP contribution is 2.10. The Bertz CT molecular complexity index is 679. The smallest absolute Gasteiger partial charge is 0.252 e. The molecule has 6 heteroatoms. The molecule has 2 rings (SSSR count). The van der Waals surface area contributed by atoms with Crippen molar-refractivity contribution in [1.29, 1.82) is 0 Å². The van der Waals surface area contributed by atoms with Gasteiger partial charge in [-0.1, -0.05) is 37.6 Å². The quantitative estimate of drug-likeness (QED) is 0.672. The third-order valence-corrected chi connectivity index (χ3v) is 2.82. The molecule has 0 atom stereocenters. The number of aromatic amines is 1. The fourth-order valence-electron chi connectivity index (χ4n) is 1.58. The van der Waals surface area contributed by atoms with Crippen LogP contribution in [0.1, 0.15) is 31.0 Å². The van der Waals surface area contributed by atoms with Crippen LogP contribution >= 0.6 is 11.6 Å². The van der Waals surface area contributed by atoms with Gasteiger partial charge < -0.3 is 0 Å². The van der Waals surface area contributed by atoms with E-state index in [-0.39, 0.29) is 11.5 Å². The Morgan fingerprint density at radius 3 is 2.90 bits per heavy atom. The number of H-pyrrole nitrogens is 1. The van der Waals surface area contributed by atoms with E-state index in [9.17, 15) is 4.79 Å². The molecule has 1 aromatic heterocycles. The summed E-state index contributed by atoms with van der Waals surface area (Å²) in [5, 5.41) is 4.67. The van der Waals surface area contributed by atoms with E-state index in [1.807, 2.05) is 26.0 Å². The first-order chi connectivity index (χ1) is 9.54. The van der Waals surface area contributed by atoms with Gasteiger partial charge in [0.2, 0.25) is 5.95 Å². The lowest BCUT2D eigenvalue weighted by atomic mass is 10.1. The number of nitrogens with zero attached hydrogens (tertiary/aromatic N) is 2. The van der Waals surface area contributed by atoms with E-state index in [1.54, 1.807) is 18.3 Å². The summed E-state index contributed by atoms with van der Waals surface area (Å²) in [5.41, 5.74) is 4.07. The third-order valence-electron chi connectivity index (χ3n) is 2.59. The van der Waals surface area contributed by atoms with Crippen molar-refractivity contribution in [2.24, 2.45) is 5.10 Å². The lowest BCUT2D eigenvalue weighted by molar-refractivity contribution is 0.810. The van der Waals surface area contributed by atoms with Crippen LogP contribution in [0.2, 0.25) is 5.02 Å². The second kappa shape index (κ2) is 6.34. The molecule has 0 saturated heterocycles. The standard InChI is InChI=1S/C14H15ClN4O/c1-9(2)12-7-13(20)18-14(17-12)19-16-8-10-4-3-5-11(15)6-10/h3-9H,1-2H3,(H2,17,18,19,20)/b16-8-. The molecule has 1 heterocycles. The Balaban J connectivity index is 2.13. The Hall–Kier alpha value is -2.14. The normalized spacial score (nSPS) is 11.2. The molecule has 0 radical (unpaired) electrons. The van der Waals surface area contributed by atoms with Gasteiger partial charge in [0.05, 0.1) is 11.9 Å². The number of anilines is 1. The van der Waals surface area contributed by atoms with Gasteiger partial charge in [0.15, 0.2) is 0 Å². The fourth-order valence-corrected chi connectivity index (χ4v) is 1.78. The van der Waals surface area contributed by atoms with Crippen molar-refractivity contribution in [1.82, 2.24) is 9.97 Å². The second-order valence-corrected chi connectivity index (χ2v) is 5.04. The number of halogens is 1. The summed E-state index contributed by atoms with van der Waals surface area (Å²) < 4.78 is 0. The molecule has 0 aliphatic rings. The van der Waals surface area contributed by atoms with E-state index in [0.717, 1.165) is 5.56 Å². The van der Waals surface area contributed by atoms with Crippen molar-refractivity contribution in [3.8, 4) is 0 Å². The van der Waals surface area contributed by atoms with Crippen LogP contribution in [0.15, 0.2) is 40.2 Å². The summed E-state index contributed by atoms with van der Waals surface area (Å²) >= 11 is 5.88. The second-order valence-electron chi connectivity index (χ2n) is 4.60. The highest BCUT2D eigenvalue weighted by atomic mass is 35.5. The Morgan fingerprint density at radius 1 is 1.40 bits per heavy atom. The largest absolute Gasteiger partial charge is 0.291 e. The summed E-state index contributed by atoms with van der Waals surface area (Å²) in [5.74, 6) is 0.495. The van der Waals surface area contributed by atoms with E-state index in [4.69, 9.17) is 11.6 Å².